The number of carbonyl (C=O) groups is 2. The van der Waals surface area contributed by atoms with Gasteiger partial charge in [0.15, 0.2) is 0 Å². The lowest BCUT2D eigenvalue weighted by Gasteiger charge is -2.40. The van der Waals surface area contributed by atoms with Crippen molar-refractivity contribution in [3.8, 4) is 5.75 Å². The van der Waals surface area contributed by atoms with Gasteiger partial charge in [-0.2, -0.15) is 0 Å². The van der Waals surface area contributed by atoms with Gasteiger partial charge in [-0.3, -0.25) is 9.59 Å². The van der Waals surface area contributed by atoms with E-state index >= 15 is 0 Å². The van der Waals surface area contributed by atoms with Crippen LogP contribution in [0.1, 0.15) is 58.5 Å². The van der Waals surface area contributed by atoms with Crippen LogP contribution in [0.4, 0.5) is 0 Å². The van der Waals surface area contributed by atoms with Crippen molar-refractivity contribution in [2.45, 2.75) is 32.3 Å². The molecule has 0 atom stereocenters. The first-order valence-electron chi connectivity index (χ1n) is 13.1. The van der Waals surface area contributed by atoms with E-state index < -0.39 is 0 Å². The number of hydrogen-bond donors (Lipinski definition) is 1. The Morgan fingerprint density at radius 2 is 1.64 bits per heavy atom. The van der Waals surface area contributed by atoms with Crippen LogP contribution in [-0.4, -0.2) is 79.7 Å². The highest BCUT2D eigenvalue weighted by atomic mass is 16.5. The van der Waals surface area contributed by atoms with Crippen LogP contribution in [0.25, 0.3) is 5.57 Å². The van der Waals surface area contributed by atoms with Crippen molar-refractivity contribution in [1.29, 1.82) is 0 Å². The van der Waals surface area contributed by atoms with Crippen LogP contribution in [0, 0.1) is 0 Å². The van der Waals surface area contributed by atoms with E-state index in [4.69, 9.17) is 9.47 Å². The molecule has 1 N–H and O–H groups in total. The first-order chi connectivity index (χ1) is 17.5. The fourth-order valence-electron chi connectivity index (χ4n) is 5.32. The van der Waals surface area contributed by atoms with Crippen molar-refractivity contribution in [1.82, 2.24) is 15.1 Å². The molecule has 0 aliphatic carbocycles. The fourth-order valence-corrected chi connectivity index (χ4v) is 5.32. The third-order valence-corrected chi connectivity index (χ3v) is 7.48. The number of nitrogens with one attached hydrogen (secondary N) is 1. The van der Waals surface area contributed by atoms with Crippen LogP contribution in [0.2, 0.25) is 0 Å². The quantitative estimate of drug-likeness (QED) is 0.695. The fraction of sp³-hybridized carbons (Fsp3) is 0.448. The molecule has 5 rings (SSSR count). The van der Waals surface area contributed by atoms with Crippen LogP contribution in [0.5, 0.6) is 5.75 Å². The van der Waals surface area contributed by atoms with E-state index in [-0.39, 0.29) is 17.4 Å². The highest BCUT2D eigenvalue weighted by Crippen LogP contribution is 2.43. The van der Waals surface area contributed by atoms with E-state index in [1.807, 2.05) is 66.1 Å². The highest BCUT2D eigenvalue weighted by molar-refractivity contribution is 5.98. The van der Waals surface area contributed by atoms with Crippen LogP contribution >= 0.6 is 0 Å². The second kappa shape index (κ2) is 10.4. The lowest BCUT2D eigenvalue weighted by atomic mass is 9.83. The van der Waals surface area contributed by atoms with Crippen molar-refractivity contribution in [3.05, 3.63) is 70.8 Å². The third kappa shape index (κ3) is 4.77. The lowest BCUT2D eigenvalue weighted by molar-refractivity contribution is 0.0302. The molecule has 3 heterocycles. The van der Waals surface area contributed by atoms with Gasteiger partial charge in [-0.15, -0.1) is 0 Å². The summed E-state index contributed by atoms with van der Waals surface area (Å²) in [6, 6.07) is 13.6. The predicted molar refractivity (Wildman–Crippen MR) is 139 cm³/mol. The van der Waals surface area contributed by atoms with Gasteiger partial charge in [0, 0.05) is 55.7 Å². The second-order valence-electron chi connectivity index (χ2n) is 9.65. The van der Waals surface area contributed by atoms with Gasteiger partial charge in [0.1, 0.15) is 11.4 Å². The highest BCUT2D eigenvalue weighted by Gasteiger charge is 2.37. The molecule has 0 radical (unpaired) electrons. The van der Waals surface area contributed by atoms with Gasteiger partial charge in [-0.1, -0.05) is 12.1 Å². The van der Waals surface area contributed by atoms with Gasteiger partial charge >= 0.3 is 0 Å². The van der Waals surface area contributed by atoms with Gasteiger partial charge in [-0.05, 0) is 74.5 Å². The Kier molecular flexibility index (Phi) is 7.12. The molecule has 2 fully saturated rings. The van der Waals surface area contributed by atoms with Crippen molar-refractivity contribution < 1.29 is 19.1 Å². The zero-order valence-electron chi connectivity index (χ0n) is 21.2. The molecule has 2 aromatic carbocycles. The molecule has 1 spiro atoms. The van der Waals surface area contributed by atoms with Crippen molar-refractivity contribution in [3.63, 3.8) is 0 Å². The number of carbonyl (C=O) groups excluding carboxylic acids is 2. The summed E-state index contributed by atoms with van der Waals surface area (Å²) in [6.07, 6.45) is 3.99. The molecule has 0 saturated carbocycles. The molecule has 0 unspecified atom stereocenters. The minimum absolute atomic E-state index is 0.0165. The third-order valence-electron chi connectivity index (χ3n) is 7.48. The second-order valence-corrected chi connectivity index (χ2v) is 9.65. The maximum Gasteiger partial charge on any atom is 0.254 e. The number of nitrogens with zero attached hydrogens (tertiary/aromatic N) is 2. The molecule has 3 aliphatic heterocycles. The molecule has 36 heavy (non-hydrogen) atoms. The Morgan fingerprint density at radius 1 is 0.972 bits per heavy atom. The summed E-state index contributed by atoms with van der Waals surface area (Å²) in [7, 11) is 0. The summed E-state index contributed by atoms with van der Waals surface area (Å²) in [4.78, 5) is 29.7. The molecule has 0 bridgehead atoms. The zero-order chi connectivity index (χ0) is 25.1. The molecule has 3 aliphatic rings. The zero-order valence-corrected chi connectivity index (χ0v) is 21.2. The van der Waals surface area contributed by atoms with Gasteiger partial charge in [0.2, 0.25) is 0 Å². The predicted octanol–water partition coefficient (Wildman–Crippen LogP) is 3.59. The Bertz CT molecular complexity index is 1140. The van der Waals surface area contributed by atoms with Crippen molar-refractivity contribution >= 4 is 17.4 Å². The molecular formula is C29H35N3O4. The molecule has 2 aromatic rings. The van der Waals surface area contributed by atoms with E-state index in [0.29, 0.717) is 50.5 Å². The summed E-state index contributed by atoms with van der Waals surface area (Å²) in [5.74, 6) is 0.861. The van der Waals surface area contributed by atoms with Gasteiger partial charge in [0.05, 0.1) is 13.2 Å². The Morgan fingerprint density at radius 3 is 2.31 bits per heavy atom. The number of amides is 2. The normalized spacial score (nSPS) is 18.7. The number of fused-ring (bicyclic) bond motifs is 1. The maximum absolute atomic E-state index is 13.2. The van der Waals surface area contributed by atoms with Crippen molar-refractivity contribution in [2.75, 3.05) is 52.5 Å². The number of rotatable bonds is 5. The van der Waals surface area contributed by atoms with E-state index in [1.165, 1.54) is 0 Å². The smallest absolute Gasteiger partial charge is 0.254 e. The lowest BCUT2D eigenvalue weighted by Crippen LogP contribution is -2.46. The maximum atomic E-state index is 13.2. The van der Waals surface area contributed by atoms with Crippen LogP contribution in [-0.2, 0) is 4.74 Å². The van der Waals surface area contributed by atoms with E-state index in [9.17, 15) is 9.59 Å². The summed E-state index contributed by atoms with van der Waals surface area (Å²) < 4.78 is 12.0. The number of hydrogen-bond acceptors (Lipinski definition) is 5. The number of benzene rings is 2. The monoisotopic (exact) mass is 489 g/mol. The first-order valence-corrected chi connectivity index (χ1v) is 13.1. The minimum Gasteiger partial charge on any atom is -0.482 e. The molecule has 2 amide bonds. The Balaban J connectivity index is 1.52. The van der Waals surface area contributed by atoms with Gasteiger partial charge in [0.25, 0.3) is 11.8 Å². The molecular weight excluding hydrogens is 454 g/mol. The summed E-state index contributed by atoms with van der Waals surface area (Å²) in [5, 5.41) is 3.43. The molecule has 190 valence electrons. The number of ether oxygens (including phenoxy) is 2. The van der Waals surface area contributed by atoms with Crippen molar-refractivity contribution in [2.24, 2.45) is 0 Å². The molecule has 2 saturated heterocycles. The summed E-state index contributed by atoms with van der Waals surface area (Å²) in [5.41, 5.74) is 3.95. The average molecular weight is 490 g/mol. The topological polar surface area (TPSA) is 71.1 Å². The van der Waals surface area contributed by atoms with Crippen LogP contribution in [0.15, 0.2) is 48.5 Å². The Labute approximate surface area is 213 Å². The minimum atomic E-state index is -0.376. The SMILES string of the molecule is CCN(CC)C(=O)c1ccc(C2=CC3(CCNCC3)Oc3ccc(C(=O)N4CCOCC4)cc32)cc1. The average Bonchev–Trinajstić information content (AvgIpc) is 2.93. The number of piperidine rings is 1. The molecule has 7 heteroatoms. The Hall–Kier alpha value is -3.16. The van der Waals surface area contributed by atoms with E-state index in [0.717, 1.165) is 48.4 Å². The number of morpholine rings is 1. The molecule has 0 aromatic heterocycles. The van der Waals surface area contributed by atoms with E-state index in [2.05, 4.69) is 11.4 Å². The van der Waals surface area contributed by atoms with E-state index in [1.54, 1.807) is 0 Å². The first kappa shape index (κ1) is 24.5. The van der Waals surface area contributed by atoms with Gasteiger partial charge < -0.3 is 24.6 Å². The van der Waals surface area contributed by atoms with Gasteiger partial charge in [-0.25, -0.2) is 0 Å². The summed E-state index contributed by atoms with van der Waals surface area (Å²) in [6.45, 7) is 9.49. The summed E-state index contributed by atoms with van der Waals surface area (Å²) >= 11 is 0. The van der Waals surface area contributed by atoms with Crippen LogP contribution in [0.3, 0.4) is 0 Å². The standard InChI is InChI=1S/C29H35N3O4/c1-3-31(4-2)27(33)22-7-5-21(6-8-22)25-20-29(11-13-30-14-12-29)36-26-10-9-23(19-24(25)26)28(34)32-15-17-35-18-16-32/h5-10,19-20,30H,3-4,11-18H2,1-2H3. The van der Waals surface area contributed by atoms with Crippen LogP contribution < -0.4 is 10.1 Å². The molecule has 7 nitrogen and oxygen atoms in total. The largest absolute Gasteiger partial charge is 0.482 e.